The number of aromatic amines is 1. The lowest BCUT2D eigenvalue weighted by molar-refractivity contribution is 0.140. The van der Waals surface area contributed by atoms with Crippen LogP contribution in [0.1, 0.15) is 48.9 Å². The van der Waals surface area contributed by atoms with Gasteiger partial charge in [-0.25, -0.2) is 0 Å². The summed E-state index contributed by atoms with van der Waals surface area (Å²) in [4.78, 5) is 6.07. The second-order valence-electron chi connectivity index (χ2n) is 6.89. The van der Waals surface area contributed by atoms with Gasteiger partial charge in [0.2, 0.25) is 0 Å². The Labute approximate surface area is 144 Å². The molecular formula is C22H26N2. The second kappa shape index (κ2) is 6.82. The number of hydrogen-bond donors (Lipinski definition) is 1. The van der Waals surface area contributed by atoms with Crippen LogP contribution in [0.4, 0.5) is 0 Å². The Hall–Kier alpha value is -2.06. The maximum absolute atomic E-state index is 3.37. The van der Waals surface area contributed by atoms with Crippen molar-refractivity contribution in [2.45, 2.75) is 45.2 Å². The molecule has 4 rings (SSSR count). The minimum Gasteiger partial charge on any atom is -0.361 e. The van der Waals surface area contributed by atoms with Crippen LogP contribution in [0.3, 0.4) is 0 Å². The monoisotopic (exact) mass is 318 g/mol. The summed E-state index contributed by atoms with van der Waals surface area (Å²) in [7, 11) is 0. The highest BCUT2D eigenvalue weighted by atomic mass is 15.2. The van der Waals surface area contributed by atoms with Crippen molar-refractivity contribution in [3.05, 3.63) is 71.4 Å². The molecular weight excluding hydrogens is 292 g/mol. The van der Waals surface area contributed by atoms with Gasteiger partial charge in [0.15, 0.2) is 0 Å². The van der Waals surface area contributed by atoms with E-state index in [0.717, 1.165) is 13.0 Å². The molecule has 124 valence electrons. The molecule has 1 aliphatic rings. The zero-order valence-corrected chi connectivity index (χ0v) is 14.5. The minimum absolute atomic E-state index is 0.554. The molecule has 0 aliphatic carbocycles. The van der Waals surface area contributed by atoms with Gasteiger partial charge in [-0.2, -0.15) is 0 Å². The Morgan fingerprint density at radius 3 is 2.75 bits per heavy atom. The molecule has 1 aliphatic heterocycles. The van der Waals surface area contributed by atoms with Crippen LogP contribution in [0.5, 0.6) is 0 Å². The number of fused-ring (bicyclic) bond motifs is 1. The topological polar surface area (TPSA) is 19.0 Å². The first-order valence-corrected chi connectivity index (χ1v) is 9.23. The van der Waals surface area contributed by atoms with E-state index in [0.29, 0.717) is 6.04 Å². The van der Waals surface area contributed by atoms with Crippen LogP contribution in [0.2, 0.25) is 0 Å². The fourth-order valence-corrected chi connectivity index (χ4v) is 4.19. The first-order chi connectivity index (χ1) is 11.9. The lowest BCUT2D eigenvalue weighted by atomic mass is 9.93. The van der Waals surface area contributed by atoms with Gasteiger partial charge in [-0.1, -0.05) is 49.7 Å². The highest BCUT2D eigenvalue weighted by molar-refractivity contribution is 5.84. The van der Waals surface area contributed by atoms with Crippen LogP contribution in [0, 0.1) is 0 Å². The average Bonchev–Trinajstić information content (AvgIpc) is 3.12. The molecule has 0 radical (unpaired) electrons. The van der Waals surface area contributed by atoms with E-state index in [2.05, 4.69) is 71.5 Å². The van der Waals surface area contributed by atoms with E-state index in [1.807, 2.05) is 0 Å². The van der Waals surface area contributed by atoms with E-state index in [1.165, 1.54) is 53.4 Å². The number of rotatable bonds is 4. The zero-order chi connectivity index (χ0) is 16.4. The summed E-state index contributed by atoms with van der Waals surface area (Å²) in [6.07, 6.45) is 7.09. The molecule has 2 aromatic carbocycles. The number of benzene rings is 2. The highest BCUT2D eigenvalue weighted by Gasteiger charge is 2.25. The molecule has 1 atom stereocenters. The third-order valence-corrected chi connectivity index (χ3v) is 5.48. The maximum Gasteiger partial charge on any atom is 0.0457 e. The lowest BCUT2D eigenvalue weighted by Gasteiger charge is -2.36. The average molecular weight is 318 g/mol. The molecule has 1 aromatic heterocycles. The van der Waals surface area contributed by atoms with Crippen LogP contribution in [-0.2, 0) is 13.0 Å². The van der Waals surface area contributed by atoms with E-state index in [1.54, 1.807) is 0 Å². The fraction of sp³-hybridized carbons (Fsp3) is 0.364. The standard InChI is InChI=1S/C22H26N2/c1-2-17-11-12-21-19(13-14-23-21)20(17)16-24-15-7-6-10-22(24)18-8-4-3-5-9-18/h3-5,8-9,11-14,22-23H,2,6-7,10,15-16H2,1H3. The number of H-pyrrole nitrogens is 1. The summed E-state index contributed by atoms with van der Waals surface area (Å²) >= 11 is 0. The van der Waals surface area contributed by atoms with Gasteiger partial charge in [0, 0.05) is 29.7 Å². The highest BCUT2D eigenvalue weighted by Crippen LogP contribution is 2.34. The third kappa shape index (κ3) is 2.87. The van der Waals surface area contributed by atoms with Gasteiger partial charge in [-0.3, -0.25) is 4.90 Å². The van der Waals surface area contributed by atoms with Gasteiger partial charge in [-0.15, -0.1) is 0 Å². The molecule has 24 heavy (non-hydrogen) atoms. The number of piperidine rings is 1. The first-order valence-electron chi connectivity index (χ1n) is 9.23. The van der Waals surface area contributed by atoms with Crippen molar-refractivity contribution in [1.82, 2.24) is 9.88 Å². The van der Waals surface area contributed by atoms with Crippen molar-refractivity contribution in [3.8, 4) is 0 Å². The van der Waals surface area contributed by atoms with Crippen molar-refractivity contribution < 1.29 is 0 Å². The van der Waals surface area contributed by atoms with Crippen LogP contribution < -0.4 is 0 Å². The lowest BCUT2D eigenvalue weighted by Crippen LogP contribution is -2.33. The number of hydrogen-bond acceptors (Lipinski definition) is 1. The largest absolute Gasteiger partial charge is 0.361 e. The Morgan fingerprint density at radius 2 is 1.92 bits per heavy atom. The number of aryl methyl sites for hydroxylation is 1. The molecule has 1 saturated heterocycles. The normalized spacial score (nSPS) is 19.0. The third-order valence-electron chi connectivity index (χ3n) is 5.48. The summed E-state index contributed by atoms with van der Waals surface area (Å²) in [5, 5.41) is 1.40. The molecule has 0 saturated carbocycles. The van der Waals surface area contributed by atoms with E-state index in [-0.39, 0.29) is 0 Å². The molecule has 1 N–H and O–H groups in total. The van der Waals surface area contributed by atoms with Crippen molar-refractivity contribution in [3.63, 3.8) is 0 Å². The summed E-state index contributed by atoms with van der Waals surface area (Å²) in [5.41, 5.74) is 5.73. The van der Waals surface area contributed by atoms with Gasteiger partial charge in [0.25, 0.3) is 0 Å². The Balaban J connectivity index is 1.69. The van der Waals surface area contributed by atoms with E-state index >= 15 is 0 Å². The number of aromatic nitrogens is 1. The second-order valence-corrected chi connectivity index (χ2v) is 6.89. The van der Waals surface area contributed by atoms with Crippen molar-refractivity contribution in [2.24, 2.45) is 0 Å². The van der Waals surface area contributed by atoms with Gasteiger partial charge in [0.1, 0.15) is 0 Å². The van der Waals surface area contributed by atoms with Gasteiger partial charge >= 0.3 is 0 Å². The smallest absolute Gasteiger partial charge is 0.0457 e. The SMILES string of the molecule is CCc1ccc2[nH]ccc2c1CN1CCCCC1c1ccccc1. The Morgan fingerprint density at radius 1 is 1.04 bits per heavy atom. The zero-order valence-electron chi connectivity index (χ0n) is 14.5. The molecule has 1 fully saturated rings. The molecule has 2 nitrogen and oxygen atoms in total. The first kappa shape index (κ1) is 15.5. The van der Waals surface area contributed by atoms with Crippen LogP contribution in [0.15, 0.2) is 54.7 Å². The number of nitrogens with one attached hydrogen (secondary N) is 1. The van der Waals surface area contributed by atoms with Gasteiger partial charge in [0.05, 0.1) is 0 Å². The quantitative estimate of drug-likeness (QED) is 0.677. The molecule has 0 bridgehead atoms. The van der Waals surface area contributed by atoms with Crippen LogP contribution in [-0.4, -0.2) is 16.4 Å². The number of nitrogens with zero attached hydrogens (tertiary/aromatic N) is 1. The van der Waals surface area contributed by atoms with Crippen molar-refractivity contribution in [1.29, 1.82) is 0 Å². The predicted octanol–water partition coefficient (Wildman–Crippen LogP) is 5.46. The number of likely N-dealkylation sites (tertiary alicyclic amines) is 1. The Kier molecular flexibility index (Phi) is 4.40. The Bertz CT molecular complexity index is 803. The maximum atomic E-state index is 3.37. The predicted molar refractivity (Wildman–Crippen MR) is 101 cm³/mol. The molecule has 0 amide bonds. The van der Waals surface area contributed by atoms with E-state index in [9.17, 15) is 0 Å². The molecule has 0 spiro atoms. The fourth-order valence-electron chi connectivity index (χ4n) is 4.19. The van der Waals surface area contributed by atoms with E-state index in [4.69, 9.17) is 0 Å². The van der Waals surface area contributed by atoms with E-state index < -0.39 is 0 Å². The molecule has 2 heterocycles. The minimum atomic E-state index is 0.554. The van der Waals surface area contributed by atoms with Crippen LogP contribution in [0.25, 0.3) is 10.9 Å². The summed E-state index contributed by atoms with van der Waals surface area (Å²) < 4.78 is 0. The van der Waals surface area contributed by atoms with Crippen LogP contribution >= 0.6 is 0 Å². The van der Waals surface area contributed by atoms with Crippen molar-refractivity contribution in [2.75, 3.05) is 6.54 Å². The summed E-state index contributed by atoms with van der Waals surface area (Å²) in [6, 6.07) is 18.4. The summed E-state index contributed by atoms with van der Waals surface area (Å²) in [5.74, 6) is 0. The molecule has 2 heteroatoms. The molecule has 1 unspecified atom stereocenters. The summed E-state index contributed by atoms with van der Waals surface area (Å²) in [6.45, 7) is 4.52. The molecule has 3 aromatic rings. The van der Waals surface area contributed by atoms with Gasteiger partial charge < -0.3 is 4.98 Å². The van der Waals surface area contributed by atoms with Crippen molar-refractivity contribution >= 4 is 10.9 Å². The van der Waals surface area contributed by atoms with Gasteiger partial charge in [-0.05, 0) is 54.6 Å².